The van der Waals surface area contributed by atoms with Crippen molar-refractivity contribution in [3.8, 4) is 34.3 Å². The Bertz CT molecular complexity index is 1210. The van der Waals surface area contributed by atoms with E-state index in [0.29, 0.717) is 17.9 Å². The molecule has 0 spiro atoms. The first-order valence-electron chi connectivity index (χ1n) is 8.91. The molecule has 2 N–H and O–H groups in total. The average Bonchev–Trinajstić information content (AvgIpc) is 2.72. The molecule has 0 aliphatic heterocycles. The van der Waals surface area contributed by atoms with Crippen LogP contribution in [-0.2, 0) is 6.61 Å². The van der Waals surface area contributed by atoms with Crippen LogP contribution in [0.25, 0.3) is 22.3 Å². The highest BCUT2D eigenvalue weighted by atomic mass is 16.5. The number of phenolic OH excluding ortho intramolecular Hbond substituents is 2. The van der Waals surface area contributed by atoms with Crippen LogP contribution in [0.2, 0.25) is 0 Å². The molecule has 6 nitrogen and oxygen atoms in total. The maximum absolute atomic E-state index is 12.8. The van der Waals surface area contributed by atoms with Crippen LogP contribution < -0.4 is 14.9 Å². The molecule has 4 aromatic rings. The largest absolute Gasteiger partial charge is 0.508 e. The number of fused-ring (bicyclic) bond motifs is 1. The van der Waals surface area contributed by atoms with E-state index in [1.807, 2.05) is 30.3 Å². The molecule has 0 saturated heterocycles. The highest BCUT2D eigenvalue weighted by Crippen LogP contribution is 2.35. The number of aromatic hydroxyl groups is 2. The van der Waals surface area contributed by atoms with Gasteiger partial charge < -0.3 is 24.1 Å². The van der Waals surface area contributed by atoms with E-state index in [1.54, 1.807) is 24.3 Å². The lowest BCUT2D eigenvalue weighted by atomic mass is 10.1. The smallest absolute Gasteiger partial charge is 0.239 e. The number of ether oxygens (including phenoxy) is 2. The fraction of sp³-hybridized carbons (Fsp3) is 0.0870. The zero-order chi connectivity index (χ0) is 20.4. The summed E-state index contributed by atoms with van der Waals surface area (Å²) in [5.41, 5.74) is 1.19. The molecule has 6 heteroatoms. The molecule has 1 heterocycles. The summed E-state index contributed by atoms with van der Waals surface area (Å²) in [4.78, 5) is 12.8. The molecular formula is C23H18O6. The van der Waals surface area contributed by atoms with Gasteiger partial charge in [-0.2, -0.15) is 0 Å². The lowest BCUT2D eigenvalue weighted by molar-refractivity contribution is 0.306. The van der Waals surface area contributed by atoms with Crippen LogP contribution in [-0.4, -0.2) is 17.3 Å². The van der Waals surface area contributed by atoms with Gasteiger partial charge in [-0.05, 0) is 29.8 Å². The molecule has 0 atom stereocenters. The fourth-order valence-electron chi connectivity index (χ4n) is 3.09. The number of benzene rings is 3. The molecule has 4 rings (SSSR count). The van der Waals surface area contributed by atoms with Gasteiger partial charge in [0.2, 0.25) is 11.2 Å². The molecule has 0 saturated carbocycles. The summed E-state index contributed by atoms with van der Waals surface area (Å²) >= 11 is 0. The van der Waals surface area contributed by atoms with Crippen LogP contribution in [0.4, 0.5) is 0 Å². The van der Waals surface area contributed by atoms with Crippen molar-refractivity contribution in [2.24, 2.45) is 0 Å². The molecule has 1 aromatic heterocycles. The first kappa shape index (κ1) is 18.4. The van der Waals surface area contributed by atoms with Gasteiger partial charge in [-0.3, -0.25) is 4.79 Å². The van der Waals surface area contributed by atoms with E-state index in [1.165, 1.54) is 13.2 Å². The highest BCUT2D eigenvalue weighted by molar-refractivity contribution is 5.88. The van der Waals surface area contributed by atoms with Crippen molar-refractivity contribution in [2.75, 3.05) is 7.11 Å². The van der Waals surface area contributed by atoms with Crippen molar-refractivity contribution in [3.05, 3.63) is 82.5 Å². The predicted molar refractivity (Wildman–Crippen MR) is 109 cm³/mol. The van der Waals surface area contributed by atoms with E-state index in [-0.39, 0.29) is 34.0 Å². The Balaban J connectivity index is 1.69. The number of methoxy groups -OCH3 is 1. The molecule has 3 aromatic carbocycles. The van der Waals surface area contributed by atoms with Crippen molar-refractivity contribution >= 4 is 11.0 Å². The van der Waals surface area contributed by atoms with Crippen molar-refractivity contribution < 1.29 is 24.1 Å². The third-order valence-corrected chi connectivity index (χ3v) is 4.49. The lowest BCUT2D eigenvalue weighted by Gasteiger charge is -2.11. The second-order valence-corrected chi connectivity index (χ2v) is 6.43. The van der Waals surface area contributed by atoms with Crippen LogP contribution >= 0.6 is 0 Å². The van der Waals surface area contributed by atoms with Crippen molar-refractivity contribution in [1.82, 2.24) is 0 Å². The minimum Gasteiger partial charge on any atom is -0.508 e. The van der Waals surface area contributed by atoms with E-state index in [9.17, 15) is 15.0 Å². The first-order valence-corrected chi connectivity index (χ1v) is 8.91. The quantitative estimate of drug-likeness (QED) is 0.523. The van der Waals surface area contributed by atoms with Crippen LogP contribution in [0.15, 0.2) is 75.9 Å². The summed E-state index contributed by atoms with van der Waals surface area (Å²) in [6.45, 7) is 0.438. The van der Waals surface area contributed by atoms with Crippen molar-refractivity contribution in [3.63, 3.8) is 0 Å². The monoisotopic (exact) mass is 390 g/mol. The predicted octanol–water partition coefficient (Wildman–Crippen LogP) is 4.46. The number of phenols is 2. The lowest BCUT2D eigenvalue weighted by Crippen LogP contribution is -2.07. The Morgan fingerprint density at radius 3 is 2.38 bits per heavy atom. The summed E-state index contributed by atoms with van der Waals surface area (Å²) < 4.78 is 16.8. The van der Waals surface area contributed by atoms with Gasteiger partial charge in [-0.25, -0.2) is 0 Å². The summed E-state index contributed by atoms with van der Waals surface area (Å²) in [7, 11) is 1.36. The topological polar surface area (TPSA) is 89.1 Å². The molecular weight excluding hydrogens is 372 g/mol. The van der Waals surface area contributed by atoms with E-state index in [4.69, 9.17) is 13.9 Å². The van der Waals surface area contributed by atoms with E-state index in [2.05, 4.69) is 0 Å². The van der Waals surface area contributed by atoms with Crippen LogP contribution in [0.3, 0.4) is 0 Å². The zero-order valence-electron chi connectivity index (χ0n) is 15.6. The molecule has 0 amide bonds. The van der Waals surface area contributed by atoms with Crippen LogP contribution in [0.1, 0.15) is 5.56 Å². The van der Waals surface area contributed by atoms with Gasteiger partial charge in [-0.15, -0.1) is 0 Å². The van der Waals surface area contributed by atoms with Crippen LogP contribution in [0.5, 0.6) is 23.0 Å². The van der Waals surface area contributed by atoms with Gasteiger partial charge in [0.1, 0.15) is 34.8 Å². The standard InChI is InChI=1S/C23H18O6/c1-27-23-21(26)20-18(25)11-16(24)12-19(20)29-22(23)15-7-9-17(10-8-15)28-13-14-5-3-2-4-6-14/h2-12,24-25H,13H2,1H3. The van der Waals surface area contributed by atoms with Crippen molar-refractivity contribution in [2.45, 2.75) is 6.61 Å². The Kier molecular flexibility index (Phi) is 4.83. The molecule has 0 radical (unpaired) electrons. The fourth-order valence-corrected chi connectivity index (χ4v) is 3.09. The van der Waals surface area contributed by atoms with Gasteiger partial charge in [0.25, 0.3) is 0 Å². The number of rotatable bonds is 5. The first-order chi connectivity index (χ1) is 14.1. The summed E-state index contributed by atoms with van der Waals surface area (Å²) in [6.07, 6.45) is 0. The van der Waals surface area contributed by atoms with Crippen LogP contribution in [0, 0.1) is 0 Å². The van der Waals surface area contributed by atoms with E-state index in [0.717, 1.165) is 11.6 Å². The Morgan fingerprint density at radius 2 is 1.69 bits per heavy atom. The third-order valence-electron chi connectivity index (χ3n) is 4.49. The third kappa shape index (κ3) is 3.60. The minimum atomic E-state index is -0.523. The Labute approximate surface area is 166 Å². The average molecular weight is 390 g/mol. The maximum Gasteiger partial charge on any atom is 0.239 e. The van der Waals surface area contributed by atoms with E-state index < -0.39 is 5.43 Å². The Hall–Kier alpha value is -3.93. The minimum absolute atomic E-state index is 0.0311. The molecule has 0 aliphatic rings. The normalized spacial score (nSPS) is 10.8. The molecule has 29 heavy (non-hydrogen) atoms. The highest BCUT2D eigenvalue weighted by Gasteiger charge is 2.20. The van der Waals surface area contributed by atoms with Gasteiger partial charge in [0.05, 0.1) is 7.11 Å². The van der Waals surface area contributed by atoms with Gasteiger partial charge in [-0.1, -0.05) is 30.3 Å². The Morgan fingerprint density at radius 1 is 0.966 bits per heavy atom. The molecule has 0 bridgehead atoms. The second kappa shape index (κ2) is 7.59. The summed E-state index contributed by atoms with van der Waals surface area (Å²) in [5.74, 6) is 0.248. The molecule has 0 aliphatic carbocycles. The van der Waals surface area contributed by atoms with E-state index >= 15 is 0 Å². The molecule has 0 fully saturated rings. The molecule has 146 valence electrons. The summed E-state index contributed by atoms with van der Waals surface area (Å²) in [5, 5.41) is 19.7. The summed E-state index contributed by atoms with van der Waals surface area (Å²) in [6, 6.07) is 19.2. The maximum atomic E-state index is 12.8. The van der Waals surface area contributed by atoms with Gasteiger partial charge in [0.15, 0.2) is 5.76 Å². The zero-order valence-corrected chi connectivity index (χ0v) is 15.6. The number of hydrogen-bond acceptors (Lipinski definition) is 6. The molecule has 0 unspecified atom stereocenters. The van der Waals surface area contributed by atoms with Gasteiger partial charge >= 0.3 is 0 Å². The van der Waals surface area contributed by atoms with Gasteiger partial charge in [0, 0.05) is 17.7 Å². The SMILES string of the molecule is COc1c(-c2ccc(OCc3ccccc3)cc2)oc2cc(O)cc(O)c2c1=O. The second-order valence-electron chi connectivity index (χ2n) is 6.43. The van der Waals surface area contributed by atoms with Crippen molar-refractivity contribution in [1.29, 1.82) is 0 Å². The number of hydrogen-bond donors (Lipinski definition) is 2.